The van der Waals surface area contributed by atoms with Gasteiger partial charge in [0, 0.05) is 12.1 Å². The van der Waals surface area contributed by atoms with Crippen LogP contribution in [-0.4, -0.2) is 33.2 Å². The van der Waals surface area contributed by atoms with Crippen LogP contribution in [0.4, 0.5) is 0 Å². The summed E-state index contributed by atoms with van der Waals surface area (Å²) in [7, 11) is -3.42. The van der Waals surface area contributed by atoms with Gasteiger partial charge in [-0.2, -0.15) is 8.42 Å². The van der Waals surface area contributed by atoms with E-state index in [1.54, 1.807) is 13.8 Å². The third-order valence-electron chi connectivity index (χ3n) is 1.49. The van der Waals surface area contributed by atoms with Gasteiger partial charge in [-0.05, 0) is 13.3 Å². The maximum Gasteiger partial charge on any atom is 0.267 e. The van der Waals surface area contributed by atoms with Crippen LogP contribution in [0.1, 0.15) is 20.3 Å². The molecule has 0 bridgehead atoms. The van der Waals surface area contributed by atoms with Gasteiger partial charge in [0.1, 0.15) is 0 Å². The highest BCUT2D eigenvalue weighted by Crippen LogP contribution is 1.95. The molecule has 0 spiro atoms. The Morgan fingerprint density at radius 3 is 2.53 bits per heavy atom. The molecule has 0 heterocycles. The van der Waals surface area contributed by atoms with E-state index in [2.05, 4.69) is 16.1 Å². The summed E-state index contributed by atoms with van der Waals surface area (Å²) in [5.41, 5.74) is 0.381. The van der Waals surface area contributed by atoms with E-state index in [9.17, 15) is 13.2 Å². The minimum Gasteiger partial charge on any atom is -0.350 e. The predicted molar refractivity (Wildman–Crippen MR) is 57.9 cm³/mol. The second-order valence-corrected chi connectivity index (χ2v) is 4.88. The highest BCUT2D eigenvalue weighted by atomic mass is 32.2. The molecule has 0 aliphatic heterocycles. The molecule has 15 heavy (non-hydrogen) atoms. The highest BCUT2D eigenvalue weighted by Gasteiger charge is 2.09. The first kappa shape index (κ1) is 14.1. The summed E-state index contributed by atoms with van der Waals surface area (Å²) >= 11 is 0. The van der Waals surface area contributed by atoms with Crippen LogP contribution in [0.3, 0.4) is 0 Å². The van der Waals surface area contributed by atoms with Gasteiger partial charge >= 0.3 is 0 Å². The third-order valence-corrected chi connectivity index (χ3v) is 2.93. The fourth-order valence-corrected chi connectivity index (χ4v) is 1.75. The van der Waals surface area contributed by atoms with E-state index >= 15 is 0 Å². The van der Waals surface area contributed by atoms with Crippen molar-refractivity contribution in [2.45, 2.75) is 20.3 Å². The van der Waals surface area contributed by atoms with E-state index in [-0.39, 0.29) is 24.8 Å². The minimum absolute atomic E-state index is 0.00142. The molecule has 0 aliphatic rings. The van der Waals surface area contributed by atoms with Gasteiger partial charge in [0.25, 0.3) is 10.1 Å². The van der Waals surface area contributed by atoms with E-state index in [4.69, 9.17) is 0 Å². The Kier molecular flexibility index (Phi) is 6.19. The Morgan fingerprint density at radius 1 is 1.47 bits per heavy atom. The van der Waals surface area contributed by atoms with Crippen molar-refractivity contribution in [3.8, 4) is 0 Å². The van der Waals surface area contributed by atoms with Gasteiger partial charge in [-0.25, -0.2) is 0 Å². The van der Waals surface area contributed by atoms with Crippen molar-refractivity contribution in [3.63, 3.8) is 0 Å². The SMILES string of the molecule is C=C(C)C(=O)NCCOS(=O)(=O)CCC. The molecule has 1 amide bonds. The van der Waals surface area contributed by atoms with Gasteiger partial charge in [-0.3, -0.25) is 8.98 Å². The molecule has 0 atom stereocenters. The van der Waals surface area contributed by atoms with Crippen molar-refractivity contribution < 1.29 is 17.4 Å². The standard InChI is InChI=1S/C9H17NO4S/c1-4-7-15(12,13)14-6-5-10-9(11)8(2)3/h2,4-7H2,1,3H3,(H,10,11). The fourth-order valence-electron chi connectivity index (χ4n) is 0.793. The lowest BCUT2D eigenvalue weighted by atomic mass is 10.3. The number of hydrogen-bond acceptors (Lipinski definition) is 4. The lowest BCUT2D eigenvalue weighted by molar-refractivity contribution is -0.117. The van der Waals surface area contributed by atoms with Gasteiger partial charge in [-0.1, -0.05) is 13.5 Å². The largest absolute Gasteiger partial charge is 0.350 e. The zero-order valence-corrected chi connectivity index (χ0v) is 9.89. The summed E-state index contributed by atoms with van der Waals surface area (Å²) in [5, 5.41) is 2.47. The van der Waals surface area contributed by atoms with Gasteiger partial charge in [-0.15, -0.1) is 0 Å². The van der Waals surface area contributed by atoms with Crippen molar-refractivity contribution in [1.82, 2.24) is 5.32 Å². The second kappa shape index (κ2) is 6.58. The Balaban J connectivity index is 3.72. The lowest BCUT2D eigenvalue weighted by Crippen LogP contribution is -2.28. The Labute approximate surface area is 90.6 Å². The minimum atomic E-state index is -3.42. The normalized spacial score (nSPS) is 11.1. The summed E-state index contributed by atoms with van der Waals surface area (Å²) in [6, 6.07) is 0. The van der Waals surface area contributed by atoms with Crippen LogP contribution in [0.5, 0.6) is 0 Å². The molecule has 88 valence electrons. The Hall–Kier alpha value is -0.880. The topological polar surface area (TPSA) is 72.5 Å². The zero-order chi connectivity index (χ0) is 11.9. The van der Waals surface area contributed by atoms with Gasteiger partial charge < -0.3 is 5.32 Å². The number of amides is 1. The second-order valence-electron chi connectivity index (χ2n) is 3.12. The first-order chi connectivity index (χ1) is 6.89. The monoisotopic (exact) mass is 235 g/mol. The quantitative estimate of drug-likeness (QED) is 0.395. The van der Waals surface area contributed by atoms with Gasteiger partial charge in [0.05, 0.1) is 12.4 Å². The summed E-state index contributed by atoms with van der Waals surface area (Å²) in [5.74, 6) is -0.298. The number of carbonyl (C=O) groups is 1. The molecule has 0 unspecified atom stereocenters. The van der Waals surface area contributed by atoms with E-state index in [0.717, 1.165) is 0 Å². The Morgan fingerprint density at radius 2 is 2.07 bits per heavy atom. The molecule has 0 aromatic rings. The van der Waals surface area contributed by atoms with Crippen LogP contribution in [0.2, 0.25) is 0 Å². The molecule has 0 saturated heterocycles. The van der Waals surface area contributed by atoms with Crippen LogP contribution in [0.15, 0.2) is 12.2 Å². The van der Waals surface area contributed by atoms with Gasteiger partial charge in [0.15, 0.2) is 0 Å². The van der Waals surface area contributed by atoms with Crippen molar-refractivity contribution in [2.75, 3.05) is 18.9 Å². The lowest BCUT2D eigenvalue weighted by Gasteiger charge is -2.05. The first-order valence-corrected chi connectivity index (χ1v) is 6.27. The molecule has 0 rings (SSSR count). The molecule has 5 nitrogen and oxygen atoms in total. The van der Waals surface area contributed by atoms with E-state index < -0.39 is 10.1 Å². The van der Waals surface area contributed by atoms with Gasteiger partial charge in [0.2, 0.25) is 5.91 Å². The molecule has 0 saturated carbocycles. The van der Waals surface area contributed by atoms with Crippen LogP contribution >= 0.6 is 0 Å². The molecule has 6 heteroatoms. The smallest absolute Gasteiger partial charge is 0.267 e. The maximum atomic E-state index is 11.1. The molecule has 0 aromatic heterocycles. The van der Waals surface area contributed by atoms with E-state index in [1.807, 2.05) is 0 Å². The van der Waals surface area contributed by atoms with Crippen LogP contribution in [-0.2, 0) is 19.1 Å². The predicted octanol–water partition coefficient (Wildman–Crippen LogP) is 0.435. The van der Waals surface area contributed by atoms with Crippen molar-refractivity contribution in [1.29, 1.82) is 0 Å². The first-order valence-electron chi connectivity index (χ1n) is 4.70. The number of rotatable bonds is 7. The molecule has 0 fully saturated rings. The maximum absolute atomic E-state index is 11.1. The molecular formula is C9H17NO4S. The molecular weight excluding hydrogens is 218 g/mol. The van der Waals surface area contributed by atoms with Crippen molar-refractivity contribution >= 4 is 16.0 Å². The van der Waals surface area contributed by atoms with Crippen molar-refractivity contribution in [3.05, 3.63) is 12.2 Å². The summed E-state index contributed by atoms with van der Waals surface area (Å²) in [6.07, 6.45) is 0.514. The van der Waals surface area contributed by atoms with E-state index in [1.165, 1.54) is 0 Å². The number of hydrogen-bond donors (Lipinski definition) is 1. The molecule has 0 radical (unpaired) electrons. The highest BCUT2D eigenvalue weighted by molar-refractivity contribution is 7.86. The number of carbonyl (C=O) groups excluding carboxylic acids is 1. The average Bonchev–Trinajstić information content (AvgIpc) is 2.11. The number of nitrogens with one attached hydrogen (secondary N) is 1. The molecule has 0 aliphatic carbocycles. The third kappa shape index (κ3) is 7.10. The van der Waals surface area contributed by atoms with Crippen LogP contribution in [0, 0.1) is 0 Å². The average molecular weight is 235 g/mol. The fraction of sp³-hybridized carbons (Fsp3) is 0.667. The van der Waals surface area contributed by atoms with Crippen LogP contribution in [0.25, 0.3) is 0 Å². The summed E-state index contributed by atoms with van der Waals surface area (Å²) in [6.45, 7) is 6.89. The molecule has 1 N–H and O–H groups in total. The van der Waals surface area contributed by atoms with E-state index in [0.29, 0.717) is 12.0 Å². The zero-order valence-electron chi connectivity index (χ0n) is 9.08. The Bertz CT molecular complexity index is 321. The van der Waals surface area contributed by atoms with Crippen molar-refractivity contribution in [2.24, 2.45) is 0 Å². The molecule has 0 aromatic carbocycles. The summed E-state index contributed by atoms with van der Waals surface area (Å²) in [4.78, 5) is 11.0. The summed E-state index contributed by atoms with van der Waals surface area (Å²) < 4.78 is 26.7. The van der Waals surface area contributed by atoms with Crippen LogP contribution < -0.4 is 5.32 Å².